The van der Waals surface area contributed by atoms with Crippen molar-refractivity contribution in [3.8, 4) is 28.6 Å². The van der Waals surface area contributed by atoms with E-state index in [2.05, 4.69) is 38.9 Å². The smallest absolute Gasteiger partial charge is 0.258 e. The topological polar surface area (TPSA) is 101 Å². The Morgan fingerprint density at radius 3 is 2.88 bits per heavy atom. The number of nitrogens with one attached hydrogen (secondary N) is 2. The van der Waals surface area contributed by atoms with Gasteiger partial charge in [0.25, 0.3) is 5.89 Å². The average Bonchev–Trinajstić information content (AvgIpc) is 3.49. The maximum Gasteiger partial charge on any atom is 0.258 e. The summed E-state index contributed by atoms with van der Waals surface area (Å²) in [5.41, 5.74) is 11.2. The third-order valence-electron chi connectivity index (χ3n) is 6.59. The fourth-order valence-corrected chi connectivity index (χ4v) is 4.90. The summed E-state index contributed by atoms with van der Waals surface area (Å²) in [6, 6.07) is 12.4. The van der Waals surface area contributed by atoms with E-state index >= 15 is 0 Å². The Hall–Kier alpha value is -2.94. The van der Waals surface area contributed by atoms with Crippen molar-refractivity contribution in [1.29, 1.82) is 0 Å². The summed E-state index contributed by atoms with van der Waals surface area (Å²) in [6.45, 7) is 10.5. The first-order valence-electron chi connectivity index (χ1n) is 12.3. The molecule has 180 valence electrons. The summed E-state index contributed by atoms with van der Waals surface area (Å²) in [5, 5.41) is 11.5. The second-order valence-corrected chi connectivity index (χ2v) is 9.35. The Bertz CT molecular complexity index is 1120. The molecule has 0 saturated carbocycles. The molecule has 1 aliphatic heterocycles. The lowest BCUT2D eigenvalue weighted by atomic mass is 10.0. The molecule has 2 aromatic carbocycles. The van der Waals surface area contributed by atoms with Crippen molar-refractivity contribution in [2.45, 2.75) is 38.8 Å². The van der Waals surface area contributed by atoms with Crippen molar-refractivity contribution in [3.05, 3.63) is 47.5 Å². The van der Waals surface area contributed by atoms with E-state index in [9.17, 15) is 0 Å². The van der Waals surface area contributed by atoms with Crippen LogP contribution in [0.25, 0.3) is 22.8 Å². The fourth-order valence-electron chi connectivity index (χ4n) is 4.90. The summed E-state index contributed by atoms with van der Waals surface area (Å²) in [5.74, 6) is 1.74. The second-order valence-electron chi connectivity index (χ2n) is 9.35. The number of aromatic nitrogens is 2. The van der Waals surface area contributed by atoms with Crippen LogP contribution in [0.1, 0.15) is 37.4 Å². The molecule has 8 nitrogen and oxygen atoms in total. The predicted octanol–water partition coefficient (Wildman–Crippen LogP) is 3.26. The van der Waals surface area contributed by atoms with E-state index in [1.54, 1.807) is 0 Å². The lowest BCUT2D eigenvalue weighted by Gasteiger charge is -2.27. The van der Waals surface area contributed by atoms with Gasteiger partial charge < -0.3 is 25.6 Å². The number of fused-ring (bicyclic) bond motifs is 1. The molecule has 0 amide bonds. The van der Waals surface area contributed by atoms with Gasteiger partial charge in [0.2, 0.25) is 5.82 Å². The van der Waals surface area contributed by atoms with E-state index in [0.29, 0.717) is 29.2 Å². The van der Waals surface area contributed by atoms with E-state index in [4.69, 9.17) is 20.0 Å². The number of ether oxygens (including phenoxy) is 1. The summed E-state index contributed by atoms with van der Waals surface area (Å²) in [6.07, 6.45) is 2.16. The normalized spacial score (nSPS) is 18.4. The molecular formula is C26H34N6O2. The molecule has 0 spiro atoms. The minimum absolute atomic E-state index is 0.0590. The van der Waals surface area contributed by atoms with Crippen molar-refractivity contribution in [2.24, 2.45) is 0 Å². The molecule has 8 heteroatoms. The van der Waals surface area contributed by atoms with E-state index < -0.39 is 0 Å². The van der Waals surface area contributed by atoms with E-state index in [0.717, 1.165) is 63.2 Å². The summed E-state index contributed by atoms with van der Waals surface area (Å²) < 4.78 is 11.3. The molecule has 5 rings (SSSR count). The third kappa shape index (κ3) is 4.94. The number of nitrogen functional groups attached to an aromatic ring is 1. The molecule has 2 aliphatic rings. The van der Waals surface area contributed by atoms with Gasteiger partial charge >= 0.3 is 0 Å². The van der Waals surface area contributed by atoms with Gasteiger partial charge in [-0.25, -0.2) is 0 Å². The quantitative estimate of drug-likeness (QED) is 0.439. The maximum absolute atomic E-state index is 6.17. The van der Waals surface area contributed by atoms with Crippen molar-refractivity contribution < 1.29 is 9.26 Å². The number of nitrogens with two attached hydrogens (primary N) is 1. The molecule has 1 saturated heterocycles. The zero-order valence-electron chi connectivity index (χ0n) is 20.0. The van der Waals surface area contributed by atoms with Gasteiger partial charge in [-0.2, -0.15) is 4.98 Å². The number of hydrogen-bond donors (Lipinski definition) is 3. The third-order valence-corrected chi connectivity index (χ3v) is 6.59. The lowest BCUT2D eigenvalue weighted by Crippen LogP contribution is -2.45. The average molecular weight is 463 g/mol. The highest BCUT2D eigenvalue weighted by Gasteiger charge is 2.26. The van der Waals surface area contributed by atoms with Gasteiger partial charge in [-0.1, -0.05) is 23.4 Å². The van der Waals surface area contributed by atoms with Crippen LogP contribution in [0.2, 0.25) is 0 Å². The van der Waals surface area contributed by atoms with Crippen molar-refractivity contribution in [3.63, 3.8) is 0 Å². The van der Waals surface area contributed by atoms with Crippen molar-refractivity contribution >= 4 is 5.69 Å². The molecular weight excluding hydrogens is 428 g/mol. The van der Waals surface area contributed by atoms with Crippen LogP contribution in [0.3, 0.4) is 0 Å². The van der Waals surface area contributed by atoms with Crippen LogP contribution in [-0.2, 0) is 6.42 Å². The number of anilines is 1. The van der Waals surface area contributed by atoms with Crippen LogP contribution in [0.5, 0.6) is 5.75 Å². The maximum atomic E-state index is 6.17. The molecule has 0 bridgehead atoms. The molecule has 34 heavy (non-hydrogen) atoms. The highest BCUT2D eigenvalue weighted by atomic mass is 16.5. The minimum Gasteiger partial charge on any atom is -0.489 e. The molecule has 1 fully saturated rings. The first-order valence-corrected chi connectivity index (χ1v) is 12.3. The summed E-state index contributed by atoms with van der Waals surface area (Å²) >= 11 is 0. The molecule has 0 radical (unpaired) electrons. The van der Waals surface area contributed by atoms with Gasteiger partial charge in [-0.3, -0.25) is 4.90 Å². The highest BCUT2D eigenvalue weighted by molar-refractivity contribution is 5.69. The molecule has 1 aromatic heterocycles. The second kappa shape index (κ2) is 10.1. The van der Waals surface area contributed by atoms with Crippen LogP contribution < -0.4 is 21.1 Å². The number of nitrogens with zero attached hydrogens (tertiary/aromatic N) is 3. The lowest BCUT2D eigenvalue weighted by molar-refractivity contribution is 0.238. The Kier molecular flexibility index (Phi) is 6.80. The van der Waals surface area contributed by atoms with E-state index in [1.165, 1.54) is 11.1 Å². The first kappa shape index (κ1) is 22.8. The van der Waals surface area contributed by atoms with Crippen LogP contribution in [0.15, 0.2) is 40.9 Å². The van der Waals surface area contributed by atoms with Gasteiger partial charge in [0.05, 0.1) is 11.8 Å². The monoisotopic (exact) mass is 462 g/mol. The molecule has 3 aromatic rings. The van der Waals surface area contributed by atoms with Crippen LogP contribution >= 0.6 is 0 Å². The number of rotatable bonds is 8. The largest absolute Gasteiger partial charge is 0.489 e. The van der Waals surface area contributed by atoms with Gasteiger partial charge in [0.15, 0.2) is 0 Å². The van der Waals surface area contributed by atoms with Gasteiger partial charge in [0.1, 0.15) is 5.75 Å². The summed E-state index contributed by atoms with van der Waals surface area (Å²) in [7, 11) is 0. The zero-order chi connectivity index (χ0) is 23.5. The number of piperazine rings is 1. The van der Waals surface area contributed by atoms with E-state index in [-0.39, 0.29) is 6.10 Å². The summed E-state index contributed by atoms with van der Waals surface area (Å²) in [4.78, 5) is 7.22. The van der Waals surface area contributed by atoms with Crippen molar-refractivity contribution in [1.82, 2.24) is 25.7 Å². The van der Waals surface area contributed by atoms with Gasteiger partial charge in [-0.05, 0) is 56.0 Å². The fraction of sp³-hybridized carbons (Fsp3) is 0.462. The highest BCUT2D eigenvalue weighted by Crippen LogP contribution is 2.37. The minimum atomic E-state index is 0.0590. The Morgan fingerprint density at radius 2 is 2.09 bits per heavy atom. The van der Waals surface area contributed by atoms with Crippen LogP contribution in [0.4, 0.5) is 5.69 Å². The standard InChI is InChI=1S/C26H34N6O2/c1-17(2)33-24-9-6-18(16-22(24)27)26-30-25(31-34-26)21-5-3-4-20-19(21)7-8-23(20)29-12-15-32-13-10-28-11-14-32/h3-6,9,16-17,23,28-29H,7-8,10-15,27H2,1-2H3. The molecule has 1 aliphatic carbocycles. The van der Waals surface area contributed by atoms with Gasteiger partial charge in [0, 0.05) is 56.4 Å². The Morgan fingerprint density at radius 1 is 1.24 bits per heavy atom. The molecule has 2 heterocycles. The Balaban J connectivity index is 1.29. The van der Waals surface area contributed by atoms with Crippen LogP contribution in [-0.4, -0.2) is 60.4 Å². The van der Waals surface area contributed by atoms with Crippen LogP contribution in [0, 0.1) is 0 Å². The predicted molar refractivity (Wildman–Crippen MR) is 134 cm³/mol. The number of benzene rings is 2. The molecule has 1 atom stereocenters. The number of hydrogen-bond acceptors (Lipinski definition) is 8. The van der Waals surface area contributed by atoms with Gasteiger partial charge in [-0.15, -0.1) is 0 Å². The van der Waals surface area contributed by atoms with Crippen molar-refractivity contribution in [2.75, 3.05) is 45.0 Å². The molecule has 1 unspecified atom stereocenters. The Labute approximate surface area is 200 Å². The first-order chi connectivity index (χ1) is 16.6. The van der Waals surface area contributed by atoms with E-state index in [1.807, 2.05) is 32.0 Å². The molecule has 4 N–H and O–H groups in total. The zero-order valence-corrected chi connectivity index (χ0v) is 20.0. The SMILES string of the molecule is CC(C)Oc1ccc(-c2nc(-c3cccc4c3CCC4NCCN3CCNCC3)no2)cc1N.